The summed E-state index contributed by atoms with van der Waals surface area (Å²) in [5, 5.41) is 0. The molecule has 1 unspecified atom stereocenters. The van der Waals surface area contributed by atoms with E-state index in [0.29, 0.717) is 19.7 Å². The second-order valence-electron chi connectivity index (χ2n) is 4.76. The number of hydrogen-bond donors (Lipinski definition) is 0. The van der Waals surface area contributed by atoms with E-state index in [4.69, 9.17) is 14.2 Å². The summed E-state index contributed by atoms with van der Waals surface area (Å²) in [5.41, 5.74) is 0.979. The zero-order valence-corrected chi connectivity index (χ0v) is 12.7. The molecule has 1 saturated heterocycles. The maximum atomic E-state index is 11.8. The van der Waals surface area contributed by atoms with E-state index in [-0.39, 0.29) is 0 Å². The molecule has 2 rings (SSSR count). The second kappa shape index (κ2) is 7.49. The third-order valence-electron chi connectivity index (χ3n) is 3.18. The van der Waals surface area contributed by atoms with Crippen LogP contribution in [-0.2, 0) is 20.8 Å². The Balaban J connectivity index is 1.90. The molecule has 22 heavy (non-hydrogen) atoms. The monoisotopic (exact) mass is 305 g/mol. The molecule has 0 aromatic heterocycles. The second-order valence-corrected chi connectivity index (χ2v) is 4.76. The lowest BCUT2D eigenvalue weighted by Gasteiger charge is -2.12. The fourth-order valence-electron chi connectivity index (χ4n) is 2.09. The number of esters is 1. The van der Waals surface area contributed by atoms with Crippen LogP contribution in [0.25, 0.3) is 0 Å². The molecule has 1 atom stereocenters. The Hall–Kier alpha value is -2.50. The number of rotatable bonds is 6. The van der Waals surface area contributed by atoms with Crippen LogP contribution in [0, 0.1) is 0 Å². The third kappa shape index (κ3) is 4.25. The number of amides is 1. The smallest absolute Gasteiger partial charge is 0.410 e. The van der Waals surface area contributed by atoms with E-state index in [1.165, 1.54) is 6.08 Å². The van der Waals surface area contributed by atoms with Gasteiger partial charge in [0.25, 0.3) is 0 Å². The number of methoxy groups -OCH3 is 1. The SMILES string of the molecule is CCOC(=O)/C=C/C1CN(Cc2ccc(OC)cc2)C(=O)O1. The van der Waals surface area contributed by atoms with Gasteiger partial charge in [0, 0.05) is 12.6 Å². The minimum absolute atomic E-state index is 0.317. The Labute approximate surface area is 129 Å². The number of ether oxygens (including phenoxy) is 3. The minimum atomic E-state index is -0.438. The predicted octanol–water partition coefficient (Wildman–Crippen LogP) is 2.14. The molecular weight excluding hydrogens is 286 g/mol. The van der Waals surface area contributed by atoms with Gasteiger partial charge in [-0.05, 0) is 30.7 Å². The maximum Gasteiger partial charge on any atom is 0.410 e. The van der Waals surface area contributed by atoms with Gasteiger partial charge in [0.2, 0.25) is 0 Å². The molecule has 1 aromatic rings. The zero-order chi connectivity index (χ0) is 15.9. The molecule has 1 aliphatic heterocycles. The molecule has 0 spiro atoms. The molecule has 0 saturated carbocycles. The van der Waals surface area contributed by atoms with Crippen LogP contribution in [0.1, 0.15) is 12.5 Å². The van der Waals surface area contributed by atoms with Crippen molar-refractivity contribution in [3.05, 3.63) is 42.0 Å². The van der Waals surface area contributed by atoms with E-state index in [0.717, 1.165) is 11.3 Å². The van der Waals surface area contributed by atoms with E-state index in [9.17, 15) is 9.59 Å². The quantitative estimate of drug-likeness (QED) is 0.595. The van der Waals surface area contributed by atoms with E-state index in [1.54, 1.807) is 25.0 Å². The zero-order valence-electron chi connectivity index (χ0n) is 12.7. The average molecular weight is 305 g/mol. The molecule has 1 amide bonds. The highest BCUT2D eigenvalue weighted by molar-refractivity contribution is 5.82. The first-order chi connectivity index (χ1) is 10.6. The normalized spacial score (nSPS) is 17.6. The summed E-state index contributed by atoms with van der Waals surface area (Å²) in [6.45, 7) is 2.91. The summed E-state index contributed by atoms with van der Waals surface area (Å²) in [5.74, 6) is 0.329. The number of carbonyl (C=O) groups excluding carboxylic acids is 2. The van der Waals surface area contributed by atoms with Crippen LogP contribution in [0.5, 0.6) is 5.75 Å². The number of benzene rings is 1. The molecule has 0 radical (unpaired) electrons. The van der Waals surface area contributed by atoms with E-state index in [1.807, 2.05) is 24.3 Å². The van der Waals surface area contributed by atoms with E-state index >= 15 is 0 Å². The van der Waals surface area contributed by atoms with Gasteiger partial charge in [0.1, 0.15) is 11.9 Å². The summed E-state index contributed by atoms with van der Waals surface area (Å²) in [7, 11) is 1.60. The number of hydrogen-bond acceptors (Lipinski definition) is 5. The highest BCUT2D eigenvalue weighted by atomic mass is 16.6. The highest BCUT2D eigenvalue weighted by Gasteiger charge is 2.29. The van der Waals surface area contributed by atoms with Gasteiger partial charge in [-0.15, -0.1) is 0 Å². The molecule has 1 aliphatic rings. The summed E-state index contributed by atoms with van der Waals surface area (Å²) in [4.78, 5) is 24.6. The average Bonchev–Trinajstić information content (AvgIpc) is 2.86. The van der Waals surface area contributed by atoms with Gasteiger partial charge in [0.15, 0.2) is 0 Å². The fraction of sp³-hybridized carbons (Fsp3) is 0.375. The van der Waals surface area contributed by atoms with Crippen molar-refractivity contribution in [1.29, 1.82) is 0 Å². The van der Waals surface area contributed by atoms with Gasteiger partial charge in [0.05, 0.1) is 20.3 Å². The van der Waals surface area contributed by atoms with Gasteiger partial charge in [-0.25, -0.2) is 9.59 Å². The molecule has 1 heterocycles. The van der Waals surface area contributed by atoms with Crippen molar-refractivity contribution in [2.75, 3.05) is 20.3 Å². The lowest BCUT2D eigenvalue weighted by molar-refractivity contribution is -0.137. The van der Waals surface area contributed by atoms with Crippen LogP contribution in [0.3, 0.4) is 0 Å². The van der Waals surface area contributed by atoms with Crippen molar-refractivity contribution in [1.82, 2.24) is 4.90 Å². The van der Waals surface area contributed by atoms with Crippen molar-refractivity contribution in [3.8, 4) is 5.75 Å². The van der Waals surface area contributed by atoms with Crippen LogP contribution >= 0.6 is 0 Å². The van der Waals surface area contributed by atoms with Crippen LogP contribution in [0.15, 0.2) is 36.4 Å². The van der Waals surface area contributed by atoms with Gasteiger partial charge in [-0.2, -0.15) is 0 Å². The Morgan fingerprint density at radius 3 is 2.77 bits per heavy atom. The first kappa shape index (κ1) is 15.9. The molecule has 1 aromatic carbocycles. The highest BCUT2D eigenvalue weighted by Crippen LogP contribution is 2.18. The van der Waals surface area contributed by atoms with Crippen molar-refractivity contribution in [3.63, 3.8) is 0 Å². The van der Waals surface area contributed by atoms with Crippen molar-refractivity contribution in [2.24, 2.45) is 0 Å². The molecule has 6 nitrogen and oxygen atoms in total. The van der Waals surface area contributed by atoms with Crippen molar-refractivity contribution in [2.45, 2.75) is 19.6 Å². The molecular formula is C16H19NO5. The van der Waals surface area contributed by atoms with Gasteiger partial charge < -0.3 is 14.2 Å². The number of nitrogens with zero attached hydrogens (tertiary/aromatic N) is 1. The van der Waals surface area contributed by atoms with Crippen LogP contribution in [0.4, 0.5) is 4.79 Å². The van der Waals surface area contributed by atoms with Crippen molar-refractivity contribution >= 4 is 12.1 Å². The number of cyclic esters (lactones) is 1. The predicted molar refractivity (Wildman–Crippen MR) is 79.4 cm³/mol. The molecule has 118 valence electrons. The Bertz CT molecular complexity index is 552. The first-order valence-electron chi connectivity index (χ1n) is 7.05. The largest absolute Gasteiger partial charge is 0.497 e. The van der Waals surface area contributed by atoms with Gasteiger partial charge in [-0.3, -0.25) is 4.90 Å². The Morgan fingerprint density at radius 2 is 2.14 bits per heavy atom. The fourth-order valence-corrected chi connectivity index (χ4v) is 2.09. The lowest BCUT2D eigenvalue weighted by Crippen LogP contribution is -2.24. The molecule has 6 heteroatoms. The van der Waals surface area contributed by atoms with Crippen LogP contribution in [-0.4, -0.2) is 43.3 Å². The standard InChI is InChI=1S/C16H19NO5/c1-3-21-15(18)9-8-14-11-17(16(19)22-14)10-12-4-6-13(20-2)7-5-12/h4-9,14H,3,10-11H2,1-2H3/b9-8+. The van der Waals surface area contributed by atoms with Crippen LogP contribution in [0.2, 0.25) is 0 Å². The molecule has 0 N–H and O–H groups in total. The molecule has 0 bridgehead atoms. The van der Waals surface area contributed by atoms with Crippen molar-refractivity contribution < 1.29 is 23.8 Å². The Kier molecular flexibility index (Phi) is 5.41. The third-order valence-corrected chi connectivity index (χ3v) is 3.18. The van der Waals surface area contributed by atoms with Gasteiger partial charge in [-0.1, -0.05) is 12.1 Å². The molecule has 0 aliphatic carbocycles. The maximum absolute atomic E-state index is 11.8. The minimum Gasteiger partial charge on any atom is -0.497 e. The Morgan fingerprint density at radius 1 is 1.41 bits per heavy atom. The summed E-state index contributed by atoms with van der Waals surface area (Å²) < 4.78 is 15.1. The molecule has 1 fully saturated rings. The topological polar surface area (TPSA) is 65.1 Å². The first-order valence-corrected chi connectivity index (χ1v) is 7.05. The summed E-state index contributed by atoms with van der Waals surface area (Å²) >= 11 is 0. The summed E-state index contributed by atoms with van der Waals surface area (Å²) in [6, 6.07) is 7.48. The van der Waals surface area contributed by atoms with Crippen LogP contribution < -0.4 is 4.74 Å². The van der Waals surface area contributed by atoms with Gasteiger partial charge >= 0.3 is 12.1 Å². The van der Waals surface area contributed by atoms with E-state index < -0.39 is 18.2 Å². The summed E-state index contributed by atoms with van der Waals surface area (Å²) in [6.07, 6.45) is 2.01. The van der Waals surface area contributed by atoms with E-state index in [2.05, 4.69) is 0 Å². The lowest BCUT2D eigenvalue weighted by atomic mass is 10.2. The number of carbonyl (C=O) groups is 2.